The number of rotatable bonds is 6. The molecule has 0 unspecified atom stereocenters. The molecule has 1 N–H and O–H groups in total. The Morgan fingerprint density at radius 2 is 1.07 bits per heavy atom. The largest absolute Gasteiger partial charge is 0.456 e. The van der Waals surface area contributed by atoms with Crippen LogP contribution in [0.3, 0.4) is 0 Å². The number of para-hydroxylation sites is 1. The van der Waals surface area contributed by atoms with Crippen LogP contribution in [0.5, 0.6) is 0 Å². The second-order valence-electron chi connectivity index (χ2n) is 11.0. The molecule has 0 radical (unpaired) electrons. The van der Waals surface area contributed by atoms with Gasteiger partial charge in [-0.05, 0) is 76.0 Å². The fourth-order valence-corrected chi connectivity index (χ4v) is 6.13. The Balaban J connectivity index is 1.24. The fraction of sp³-hybridized carbons (Fsp3) is 0.0244. The number of furan rings is 1. The van der Waals surface area contributed by atoms with Crippen LogP contribution >= 0.6 is 0 Å². The molecule has 0 atom stereocenters. The smallest absolute Gasteiger partial charge is 0.159 e. The Bertz CT molecular complexity index is 2090. The van der Waals surface area contributed by atoms with Gasteiger partial charge in [0.2, 0.25) is 0 Å². The third-order valence-electron chi connectivity index (χ3n) is 8.34. The third kappa shape index (κ3) is 4.75. The number of hydrogen-bond acceptors (Lipinski definition) is 3. The second kappa shape index (κ2) is 11.1. The predicted octanol–water partition coefficient (Wildman–Crippen LogP) is 11.0. The number of hydrogen-bond donors (Lipinski definition) is 1. The van der Waals surface area contributed by atoms with Gasteiger partial charge in [0.15, 0.2) is 5.58 Å². The number of nitrogens with zero attached hydrogens (tertiary/aromatic N) is 1. The quantitative estimate of drug-likeness (QED) is 0.217. The first-order valence-electron chi connectivity index (χ1n) is 15.0. The first kappa shape index (κ1) is 25.9. The summed E-state index contributed by atoms with van der Waals surface area (Å²) in [5.74, 6) is 0.960. The maximum absolute atomic E-state index is 6.55. The lowest BCUT2D eigenvalue weighted by Crippen LogP contribution is -2.10. The second-order valence-corrected chi connectivity index (χ2v) is 11.0. The van der Waals surface area contributed by atoms with Crippen molar-refractivity contribution in [1.82, 2.24) is 5.32 Å². The summed E-state index contributed by atoms with van der Waals surface area (Å²) in [6.45, 7) is 0.681. The highest BCUT2D eigenvalue weighted by atomic mass is 16.3. The van der Waals surface area contributed by atoms with Gasteiger partial charge in [-0.3, -0.25) is 0 Å². The van der Waals surface area contributed by atoms with Crippen LogP contribution in [-0.4, -0.2) is 0 Å². The molecule has 1 aromatic heterocycles. The molecule has 8 rings (SSSR count). The molecule has 6 aromatic carbocycles. The zero-order valence-electron chi connectivity index (χ0n) is 24.2. The Hall–Kier alpha value is -5.80. The van der Waals surface area contributed by atoms with Gasteiger partial charge in [0.25, 0.3) is 0 Å². The van der Waals surface area contributed by atoms with Gasteiger partial charge in [-0.25, -0.2) is 0 Å². The highest BCUT2D eigenvalue weighted by molar-refractivity contribution is 6.00. The van der Waals surface area contributed by atoms with Gasteiger partial charge in [0.1, 0.15) is 5.76 Å². The summed E-state index contributed by atoms with van der Waals surface area (Å²) < 4.78 is 6.55. The number of nitrogens with one attached hydrogen (secondary N) is 1. The Morgan fingerprint density at radius 3 is 1.75 bits per heavy atom. The van der Waals surface area contributed by atoms with Crippen LogP contribution in [0.1, 0.15) is 11.3 Å². The molecule has 44 heavy (non-hydrogen) atoms. The van der Waals surface area contributed by atoms with Gasteiger partial charge in [-0.1, -0.05) is 121 Å². The zero-order chi connectivity index (χ0) is 29.3. The molecule has 0 bridgehead atoms. The first-order valence-corrected chi connectivity index (χ1v) is 15.0. The molecule has 0 fully saturated rings. The monoisotopic (exact) mass is 566 g/mol. The molecule has 0 spiro atoms. The van der Waals surface area contributed by atoms with E-state index in [4.69, 9.17) is 4.42 Å². The number of fused-ring (bicyclic) bond motifs is 3. The van der Waals surface area contributed by atoms with Crippen LogP contribution < -0.4 is 10.2 Å². The van der Waals surface area contributed by atoms with E-state index in [-0.39, 0.29) is 0 Å². The molecule has 2 heterocycles. The minimum absolute atomic E-state index is 0.681. The van der Waals surface area contributed by atoms with Gasteiger partial charge >= 0.3 is 0 Å². The number of anilines is 3. The summed E-state index contributed by atoms with van der Waals surface area (Å²) in [6.07, 6.45) is 4.10. The van der Waals surface area contributed by atoms with Crippen molar-refractivity contribution in [3.8, 4) is 33.4 Å². The van der Waals surface area contributed by atoms with E-state index < -0.39 is 0 Å². The first-order chi connectivity index (χ1) is 21.8. The normalized spacial score (nSPS) is 12.1. The van der Waals surface area contributed by atoms with E-state index in [1.54, 1.807) is 0 Å². The minimum Gasteiger partial charge on any atom is -0.456 e. The molecular formula is C41H30N2O. The lowest BCUT2D eigenvalue weighted by atomic mass is 9.99. The summed E-state index contributed by atoms with van der Waals surface area (Å²) in [4.78, 5) is 2.31. The van der Waals surface area contributed by atoms with Gasteiger partial charge in [0.05, 0.1) is 12.2 Å². The lowest BCUT2D eigenvalue weighted by Gasteiger charge is -2.26. The van der Waals surface area contributed by atoms with Gasteiger partial charge in [-0.15, -0.1) is 0 Å². The van der Waals surface area contributed by atoms with Gasteiger partial charge in [-0.2, -0.15) is 0 Å². The molecule has 0 saturated heterocycles. The van der Waals surface area contributed by atoms with Crippen molar-refractivity contribution < 1.29 is 4.42 Å². The lowest BCUT2D eigenvalue weighted by molar-refractivity contribution is 0.533. The SMILES string of the molecule is C1=Cc2c(oc3c(N(c4ccc(-c5ccccc5)cc4)c4cccc(-c5ccc(-c6ccccc6)cc5)c4)cccc23)CN1. The van der Waals surface area contributed by atoms with Crippen LogP contribution in [0.15, 0.2) is 162 Å². The summed E-state index contributed by atoms with van der Waals surface area (Å²) in [5.41, 5.74) is 12.3. The van der Waals surface area contributed by atoms with Gasteiger partial charge < -0.3 is 14.6 Å². The van der Waals surface area contributed by atoms with E-state index >= 15 is 0 Å². The maximum atomic E-state index is 6.55. The van der Waals surface area contributed by atoms with E-state index in [9.17, 15) is 0 Å². The Kier molecular flexibility index (Phi) is 6.54. The van der Waals surface area contributed by atoms with Crippen molar-refractivity contribution in [2.75, 3.05) is 4.90 Å². The minimum atomic E-state index is 0.681. The van der Waals surface area contributed by atoms with Crippen LogP contribution in [0.25, 0.3) is 50.4 Å². The molecule has 210 valence electrons. The summed E-state index contributed by atoms with van der Waals surface area (Å²) in [6, 6.07) is 53.8. The van der Waals surface area contributed by atoms with Crippen LogP contribution in [0, 0.1) is 0 Å². The van der Waals surface area contributed by atoms with E-state index in [1.165, 1.54) is 27.8 Å². The topological polar surface area (TPSA) is 28.4 Å². The summed E-state index contributed by atoms with van der Waals surface area (Å²) in [5, 5.41) is 4.41. The number of benzene rings is 6. The van der Waals surface area contributed by atoms with Crippen LogP contribution in [0.4, 0.5) is 17.1 Å². The molecule has 1 aliphatic heterocycles. The zero-order valence-corrected chi connectivity index (χ0v) is 24.2. The third-order valence-corrected chi connectivity index (χ3v) is 8.34. The summed E-state index contributed by atoms with van der Waals surface area (Å²) >= 11 is 0. The van der Waals surface area contributed by atoms with Gasteiger partial charge in [0, 0.05) is 22.3 Å². The fourth-order valence-electron chi connectivity index (χ4n) is 6.13. The Morgan fingerprint density at radius 1 is 0.500 bits per heavy atom. The molecular weight excluding hydrogens is 536 g/mol. The molecule has 3 heteroatoms. The molecule has 0 aliphatic carbocycles. The van der Waals surface area contributed by atoms with Crippen molar-refractivity contribution >= 4 is 34.1 Å². The van der Waals surface area contributed by atoms with Crippen molar-refractivity contribution in [1.29, 1.82) is 0 Å². The van der Waals surface area contributed by atoms with Crippen LogP contribution in [-0.2, 0) is 6.54 Å². The Labute approximate surface area is 257 Å². The summed E-state index contributed by atoms with van der Waals surface area (Å²) in [7, 11) is 0. The molecule has 0 saturated carbocycles. The van der Waals surface area contributed by atoms with Crippen molar-refractivity contribution in [3.63, 3.8) is 0 Å². The standard InChI is InChI=1S/C41H30N2O/c1-3-9-29(10-4-1)31-17-19-33(20-18-31)34-13-7-14-36(27-34)43(35-23-21-32(22-24-35)30-11-5-2-6-12-30)39-16-8-15-38-37-25-26-42-28-40(37)44-41(38)39/h1-27,42H,28H2. The molecule has 0 amide bonds. The van der Waals surface area contributed by atoms with E-state index in [0.717, 1.165) is 44.9 Å². The average Bonchev–Trinajstić information content (AvgIpc) is 3.49. The highest BCUT2D eigenvalue weighted by Gasteiger charge is 2.22. The molecule has 1 aliphatic rings. The average molecular weight is 567 g/mol. The molecule has 7 aromatic rings. The van der Waals surface area contributed by atoms with E-state index in [0.29, 0.717) is 6.54 Å². The highest BCUT2D eigenvalue weighted by Crippen LogP contribution is 2.43. The van der Waals surface area contributed by atoms with E-state index in [1.807, 2.05) is 6.20 Å². The molecule has 3 nitrogen and oxygen atoms in total. The van der Waals surface area contributed by atoms with Crippen molar-refractivity contribution in [3.05, 3.63) is 169 Å². The van der Waals surface area contributed by atoms with Crippen molar-refractivity contribution in [2.45, 2.75) is 6.54 Å². The predicted molar refractivity (Wildman–Crippen MR) is 183 cm³/mol. The van der Waals surface area contributed by atoms with Crippen LogP contribution in [0.2, 0.25) is 0 Å². The van der Waals surface area contributed by atoms with Crippen molar-refractivity contribution in [2.24, 2.45) is 0 Å². The maximum Gasteiger partial charge on any atom is 0.159 e. The van der Waals surface area contributed by atoms with E-state index in [2.05, 4.69) is 168 Å².